The molecule has 460 valence electrons. The number of unbranched alkanes of at least 4 members (excludes halogenated alkanes) is 1. The SMILES string of the molecule is COc1cc(/C=C/C(=O)C(Cc2cn(CCCCC(=O)NCCCN3CCN(CCCNC(=O)CO[C@H]4CC[C@@]5(C)C(=CC[C@H]6[C@@H]7CC[C@H]([C@H](C)CCCC(C)C)[C@@]7(C)CC[C@@H]65)C4)CC3)nn2)C(=O)/C=C/c2ccc(O)c(OC)c2)ccc1O. The van der Waals surface area contributed by atoms with Crippen LogP contribution in [0.4, 0.5) is 0 Å². The Bertz CT molecular complexity index is 2690. The van der Waals surface area contributed by atoms with Crippen LogP contribution < -0.4 is 20.1 Å². The Morgan fingerprint density at radius 3 is 1.99 bits per heavy atom. The summed E-state index contributed by atoms with van der Waals surface area (Å²) in [7, 11) is 2.87. The molecule has 1 saturated heterocycles. The molecule has 4 fully saturated rings. The molecular weight excluding hydrogens is 1060 g/mol. The number of piperazine rings is 1. The van der Waals surface area contributed by atoms with E-state index in [1.807, 2.05) is 0 Å². The summed E-state index contributed by atoms with van der Waals surface area (Å²) in [6.45, 7) is 20.4. The summed E-state index contributed by atoms with van der Waals surface area (Å²) in [6, 6.07) is 9.36. The first-order chi connectivity index (χ1) is 40.5. The molecule has 1 aliphatic heterocycles. The molecule has 1 aromatic heterocycles. The Morgan fingerprint density at radius 1 is 0.738 bits per heavy atom. The Labute approximate surface area is 500 Å². The van der Waals surface area contributed by atoms with E-state index in [0.717, 1.165) is 100 Å². The summed E-state index contributed by atoms with van der Waals surface area (Å²) in [5.41, 5.74) is 4.08. The number of allylic oxidation sites excluding steroid dienone is 3. The highest BCUT2D eigenvalue weighted by Gasteiger charge is 2.59. The lowest BCUT2D eigenvalue weighted by molar-refractivity contribution is -0.129. The lowest BCUT2D eigenvalue weighted by Crippen LogP contribution is -2.51. The first-order valence-electron chi connectivity index (χ1n) is 31.8. The fourth-order valence-corrected chi connectivity index (χ4v) is 15.3. The van der Waals surface area contributed by atoms with Gasteiger partial charge in [-0.05, 0) is 184 Å². The van der Waals surface area contributed by atoms with E-state index >= 15 is 0 Å². The zero-order chi connectivity index (χ0) is 59.8. The van der Waals surface area contributed by atoms with Gasteiger partial charge >= 0.3 is 0 Å². The summed E-state index contributed by atoms with van der Waals surface area (Å²) >= 11 is 0. The number of nitrogens with zero attached hydrogens (tertiary/aromatic N) is 5. The van der Waals surface area contributed by atoms with Crippen LogP contribution in [0, 0.1) is 52.3 Å². The second-order valence-corrected chi connectivity index (χ2v) is 26.1. The Balaban J connectivity index is 0.662. The Kier molecular flexibility index (Phi) is 23.3. The third-order valence-corrected chi connectivity index (χ3v) is 20.1. The maximum Gasteiger partial charge on any atom is 0.246 e. The fourth-order valence-electron chi connectivity index (χ4n) is 15.3. The van der Waals surface area contributed by atoms with Gasteiger partial charge in [-0.25, -0.2) is 0 Å². The molecule has 0 radical (unpaired) electrons. The van der Waals surface area contributed by atoms with Crippen molar-refractivity contribution in [2.75, 3.05) is 73.2 Å². The number of aromatic nitrogens is 3. The van der Waals surface area contributed by atoms with Crippen LogP contribution in [0.15, 0.2) is 66.4 Å². The molecule has 4 aliphatic carbocycles. The van der Waals surface area contributed by atoms with E-state index in [0.29, 0.717) is 61.1 Å². The number of nitrogens with one attached hydrogen (secondary N) is 2. The number of ketones is 2. The van der Waals surface area contributed by atoms with Gasteiger partial charge in [0.25, 0.3) is 0 Å². The number of ether oxygens (including phenoxy) is 3. The third kappa shape index (κ3) is 17.0. The molecule has 5 aliphatic rings. The van der Waals surface area contributed by atoms with Gasteiger partial charge in [0, 0.05) is 64.9 Å². The summed E-state index contributed by atoms with van der Waals surface area (Å²) in [5.74, 6) is 3.49. The number of fused-ring (bicyclic) bond motifs is 5. The molecule has 3 saturated carbocycles. The lowest BCUT2D eigenvalue weighted by atomic mass is 9.47. The van der Waals surface area contributed by atoms with E-state index in [2.05, 4.69) is 71.4 Å². The number of carbonyl (C=O) groups excluding carboxylic acids is 4. The molecule has 8 rings (SSSR count). The molecule has 16 nitrogen and oxygen atoms in total. The van der Waals surface area contributed by atoms with Crippen molar-refractivity contribution in [1.82, 2.24) is 35.4 Å². The van der Waals surface area contributed by atoms with Gasteiger partial charge in [-0.15, -0.1) is 5.10 Å². The average Bonchev–Trinajstić information content (AvgIpc) is 1.40. The predicted octanol–water partition coefficient (Wildman–Crippen LogP) is 10.7. The summed E-state index contributed by atoms with van der Waals surface area (Å²) in [6.07, 6.45) is 28.1. The van der Waals surface area contributed by atoms with Crippen LogP contribution in [0.5, 0.6) is 23.0 Å². The number of rotatable bonds is 31. The second-order valence-electron chi connectivity index (χ2n) is 26.1. The van der Waals surface area contributed by atoms with Crippen molar-refractivity contribution in [2.45, 2.75) is 156 Å². The van der Waals surface area contributed by atoms with Gasteiger partial charge in [0.15, 0.2) is 34.6 Å². The van der Waals surface area contributed by atoms with Gasteiger partial charge in [-0.2, -0.15) is 0 Å². The minimum atomic E-state index is -1.10. The molecule has 2 heterocycles. The molecule has 2 aromatic carbocycles. The van der Waals surface area contributed by atoms with Crippen molar-refractivity contribution in [2.24, 2.45) is 52.3 Å². The third-order valence-electron chi connectivity index (χ3n) is 20.1. The monoisotopic (exact) mass is 1160 g/mol. The van der Waals surface area contributed by atoms with Gasteiger partial charge in [-0.3, -0.25) is 23.9 Å². The number of phenols is 2. The minimum Gasteiger partial charge on any atom is -0.504 e. The smallest absolute Gasteiger partial charge is 0.246 e. The molecular formula is C68H99N7O9. The minimum absolute atomic E-state index is 0.00543. The number of hydrogen-bond acceptors (Lipinski definition) is 13. The summed E-state index contributed by atoms with van der Waals surface area (Å²) in [4.78, 5) is 57.8. The molecule has 4 N–H and O–H groups in total. The van der Waals surface area contributed by atoms with Crippen molar-refractivity contribution in [3.05, 3.63) is 83.2 Å². The van der Waals surface area contributed by atoms with Crippen LogP contribution in [0.1, 0.15) is 154 Å². The van der Waals surface area contributed by atoms with Crippen molar-refractivity contribution in [3.8, 4) is 23.0 Å². The molecule has 3 aromatic rings. The van der Waals surface area contributed by atoms with E-state index in [1.165, 1.54) is 96.3 Å². The number of phenolic OH excluding ortho intramolecular Hbond substituents is 2. The van der Waals surface area contributed by atoms with Crippen LogP contribution >= 0.6 is 0 Å². The van der Waals surface area contributed by atoms with Crippen molar-refractivity contribution in [1.29, 1.82) is 0 Å². The maximum atomic E-state index is 13.6. The molecule has 8 atom stereocenters. The number of methoxy groups -OCH3 is 2. The molecule has 16 heteroatoms. The van der Waals surface area contributed by atoms with Crippen LogP contribution in [-0.2, 0) is 36.9 Å². The van der Waals surface area contributed by atoms with E-state index < -0.39 is 17.5 Å². The first-order valence-corrected chi connectivity index (χ1v) is 31.8. The fraction of sp³-hybridized carbons (Fsp3) is 0.647. The van der Waals surface area contributed by atoms with Crippen molar-refractivity contribution in [3.63, 3.8) is 0 Å². The molecule has 0 bridgehead atoms. The van der Waals surface area contributed by atoms with E-state index in [4.69, 9.17) is 14.2 Å². The second kappa shape index (κ2) is 30.5. The van der Waals surface area contributed by atoms with Gasteiger partial charge in [0.1, 0.15) is 6.61 Å². The highest BCUT2D eigenvalue weighted by Crippen LogP contribution is 2.67. The lowest BCUT2D eigenvalue weighted by Gasteiger charge is -2.58. The largest absolute Gasteiger partial charge is 0.504 e. The van der Waals surface area contributed by atoms with Gasteiger partial charge in [0.05, 0.1) is 31.9 Å². The Morgan fingerprint density at radius 2 is 1.37 bits per heavy atom. The number of aromatic hydroxyl groups is 2. The first kappa shape index (κ1) is 64.2. The molecule has 2 amide bonds. The van der Waals surface area contributed by atoms with E-state index in [1.54, 1.807) is 52.9 Å². The van der Waals surface area contributed by atoms with E-state index in [-0.39, 0.29) is 59.4 Å². The standard InChI is InChI=1S/C68H99N7O9/c1-47(2)13-10-14-48(3)56-22-23-57-54-21-20-51-43-53(28-30-67(51,4)58(54)29-31-68(56,57)5)84-46-66(81)70-33-12-35-74-39-37-73(38-40-74)34-11-32-69-65(80)15-8-9-36-75-45-52(71-72-75)44-55(59(76)24-16-49-18-26-61(78)63(41-49)82-6)60(77)25-17-50-19-27-62(79)64(42-50)83-7/h16-20,24-27,41-42,45,47-48,53-58,78-79H,8-15,21-23,28-40,43-44,46H2,1-7H3,(H,69,80)(H,70,81)/b24-16+,25-17+/t48-,53+,54+,56-,57+,58+,67+,68-/m1/s1. The number of hydrogen-bond donors (Lipinski definition) is 4. The highest BCUT2D eigenvalue weighted by molar-refractivity contribution is 6.13. The number of amides is 2. The highest BCUT2D eigenvalue weighted by atomic mass is 16.5. The molecule has 0 unspecified atom stereocenters. The van der Waals surface area contributed by atoms with Crippen LogP contribution in [0.25, 0.3) is 12.2 Å². The topological polar surface area (TPSA) is 198 Å². The van der Waals surface area contributed by atoms with Gasteiger partial charge < -0.3 is 44.9 Å². The van der Waals surface area contributed by atoms with Gasteiger partial charge in [0.2, 0.25) is 11.8 Å². The average molecular weight is 1160 g/mol. The van der Waals surface area contributed by atoms with Crippen molar-refractivity contribution < 1.29 is 43.6 Å². The van der Waals surface area contributed by atoms with Crippen LogP contribution in [0.3, 0.4) is 0 Å². The zero-order valence-electron chi connectivity index (χ0n) is 51.6. The molecule has 84 heavy (non-hydrogen) atoms. The van der Waals surface area contributed by atoms with Crippen molar-refractivity contribution >= 4 is 35.5 Å². The van der Waals surface area contributed by atoms with Crippen LogP contribution in [0.2, 0.25) is 0 Å². The summed E-state index contributed by atoms with van der Waals surface area (Å²) < 4.78 is 18.4. The van der Waals surface area contributed by atoms with Gasteiger partial charge in [-0.1, -0.05) is 95.0 Å². The van der Waals surface area contributed by atoms with E-state index in [9.17, 15) is 29.4 Å². The quantitative estimate of drug-likeness (QED) is 0.0206. The number of carbonyl (C=O) groups is 4. The maximum absolute atomic E-state index is 13.6. The van der Waals surface area contributed by atoms with Crippen LogP contribution in [-0.4, -0.2) is 138 Å². The Hall–Kier alpha value is -5.84. The normalized spacial score (nSPS) is 24.9. The predicted molar refractivity (Wildman–Crippen MR) is 329 cm³/mol. The number of benzene rings is 2. The number of aryl methyl sites for hydroxylation is 1. The summed E-state index contributed by atoms with van der Waals surface area (Å²) in [5, 5.41) is 34.7. The molecule has 0 spiro atoms. The zero-order valence-corrected chi connectivity index (χ0v) is 51.6.